The standard InChI is InChI=1S/C21H24N2O/c1-16-6-7-18-9-11-23(21(18)12-16)15-20(24)14-22-10-8-17-4-2-3-5-19(17)13-22/h2-7,9,11-12,20,24H,8,10,13-15H2,1H3/t20-/m1/s1. The SMILES string of the molecule is Cc1ccc2ccn(C[C@H](O)CN3CCc4ccccc4C3)c2c1. The van der Waals surface area contributed by atoms with E-state index in [1.54, 1.807) is 0 Å². The second-order valence-corrected chi connectivity index (χ2v) is 6.94. The van der Waals surface area contributed by atoms with Gasteiger partial charge in [-0.1, -0.05) is 36.4 Å². The molecule has 0 saturated carbocycles. The van der Waals surface area contributed by atoms with E-state index in [2.05, 4.69) is 71.1 Å². The summed E-state index contributed by atoms with van der Waals surface area (Å²) < 4.78 is 2.17. The molecule has 1 aromatic heterocycles. The molecule has 1 N–H and O–H groups in total. The summed E-state index contributed by atoms with van der Waals surface area (Å²) in [6.07, 6.45) is 2.80. The monoisotopic (exact) mass is 320 g/mol. The molecule has 0 amide bonds. The highest BCUT2D eigenvalue weighted by molar-refractivity contribution is 5.80. The summed E-state index contributed by atoms with van der Waals surface area (Å²) in [7, 11) is 0. The van der Waals surface area contributed by atoms with Gasteiger partial charge >= 0.3 is 0 Å². The van der Waals surface area contributed by atoms with Gasteiger partial charge in [-0.25, -0.2) is 0 Å². The maximum Gasteiger partial charge on any atom is 0.0845 e. The van der Waals surface area contributed by atoms with Crippen LogP contribution in [0.1, 0.15) is 16.7 Å². The molecule has 0 spiro atoms. The Morgan fingerprint density at radius 1 is 1.04 bits per heavy atom. The maximum absolute atomic E-state index is 10.6. The lowest BCUT2D eigenvalue weighted by molar-refractivity contribution is 0.0928. The van der Waals surface area contributed by atoms with E-state index in [0.29, 0.717) is 6.54 Å². The van der Waals surface area contributed by atoms with Crippen molar-refractivity contribution in [2.75, 3.05) is 13.1 Å². The van der Waals surface area contributed by atoms with Gasteiger partial charge in [-0.3, -0.25) is 4.90 Å². The molecule has 4 rings (SSSR count). The number of nitrogens with zero attached hydrogens (tertiary/aromatic N) is 2. The lowest BCUT2D eigenvalue weighted by Crippen LogP contribution is -2.38. The van der Waals surface area contributed by atoms with Crippen molar-refractivity contribution in [3.8, 4) is 0 Å². The molecule has 0 unspecified atom stereocenters. The number of hydrogen-bond donors (Lipinski definition) is 1. The second kappa shape index (κ2) is 6.42. The Bertz CT molecular complexity index is 852. The Labute approximate surface area is 143 Å². The van der Waals surface area contributed by atoms with Crippen molar-refractivity contribution in [1.82, 2.24) is 9.47 Å². The summed E-state index contributed by atoms with van der Waals surface area (Å²) in [5.74, 6) is 0. The summed E-state index contributed by atoms with van der Waals surface area (Å²) in [5, 5.41) is 11.8. The predicted molar refractivity (Wildman–Crippen MR) is 98.1 cm³/mol. The first kappa shape index (κ1) is 15.4. The van der Waals surface area contributed by atoms with E-state index in [1.165, 1.54) is 27.6 Å². The lowest BCUT2D eigenvalue weighted by atomic mass is 10.00. The van der Waals surface area contributed by atoms with Crippen LogP contribution in [0.5, 0.6) is 0 Å². The molecule has 1 aliphatic heterocycles. The van der Waals surface area contributed by atoms with Gasteiger partial charge in [-0.15, -0.1) is 0 Å². The molecule has 24 heavy (non-hydrogen) atoms. The minimum absolute atomic E-state index is 0.355. The molecule has 2 aromatic carbocycles. The molecule has 3 nitrogen and oxygen atoms in total. The van der Waals surface area contributed by atoms with E-state index in [0.717, 1.165) is 26.1 Å². The van der Waals surface area contributed by atoms with Crippen molar-refractivity contribution < 1.29 is 5.11 Å². The third kappa shape index (κ3) is 3.10. The molecule has 124 valence electrons. The highest BCUT2D eigenvalue weighted by Gasteiger charge is 2.18. The molecule has 0 radical (unpaired) electrons. The van der Waals surface area contributed by atoms with E-state index in [4.69, 9.17) is 0 Å². The minimum Gasteiger partial charge on any atom is -0.390 e. The zero-order valence-electron chi connectivity index (χ0n) is 14.2. The molecular formula is C21H24N2O. The number of aryl methyl sites for hydroxylation is 1. The smallest absolute Gasteiger partial charge is 0.0845 e. The van der Waals surface area contributed by atoms with Gasteiger partial charge in [0.2, 0.25) is 0 Å². The number of rotatable bonds is 4. The number of benzene rings is 2. The van der Waals surface area contributed by atoms with Gasteiger partial charge in [0.1, 0.15) is 0 Å². The van der Waals surface area contributed by atoms with E-state index >= 15 is 0 Å². The molecule has 3 heteroatoms. The first-order valence-electron chi connectivity index (χ1n) is 8.72. The van der Waals surface area contributed by atoms with Crippen LogP contribution >= 0.6 is 0 Å². The lowest BCUT2D eigenvalue weighted by Gasteiger charge is -2.30. The average Bonchev–Trinajstić information content (AvgIpc) is 2.97. The fraction of sp³-hybridized carbons (Fsp3) is 0.333. The Kier molecular flexibility index (Phi) is 4.13. The van der Waals surface area contributed by atoms with Crippen molar-refractivity contribution >= 4 is 10.9 Å². The number of hydrogen-bond acceptors (Lipinski definition) is 2. The topological polar surface area (TPSA) is 28.4 Å². The van der Waals surface area contributed by atoms with Gasteiger partial charge in [-0.05, 0) is 47.6 Å². The van der Waals surface area contributed by atoms with Crippen LogP contribution in [0.3, 0.4) is 0 Å². The zero-order chi connectivity index (χ0) is 16.5. The Hall–Kier alpha value is -2.10. The Morgan fingerprint density at radius 2 is 1.88 bits per heavy atom. The molecule has 0 fully saturated rings. The summed E-state index contributed by atoms with van der Waals surface area (Å²) in [6, 6.07) is 17.2. The highest BCUT2D eigenvalue weighted by Crippen LogP contribution is 2.20. The predicted octanol–water partition coefficient (Wildman–Crippen LogP) is 3.37. The summed E-state index contributed by atoms with van der Waals surface area (Å²) in [4.78, 5) is 2.37. The van der Waals surface area contributed by atoms with Crippen molar-refractivity contribution in [2.45, 2.75) is 32.5 Å². The molecule has 3 aromatic rings. The molecular weight excluding hydrogens is 296 g/mol. The van der Waals surface area contributed by atoms with Crippen molar-refractivity contribution in [2.24, 2.45) is 0 Å². The van der Waals surface area contributed by atoms with Crippen LogP contribution in [0.4, 0.5) is 0 Å². The maximum atomic E-state index is 10.6. The van der Waals surface area contributed by atoms with Crippen LogP contribution in [0.25, 0.3) is 10.9 Å². The van der Waals surface area contributed by atoms with E-state index in [1.807, 2.05) is 0 Å². The normalized spacial score (nSPS) is 16.2. The molecule has 0 saturated heterocycles. The van der Waals surface area contributed by atoms with Crippen molar-refractivity contribution in [1.29, 1.82) is 0 Å². The van der Waals surface area contributed by atoms with E-state index in [9.17, 15) is 5.11 Å². The number of aliphatic hydroxyl groups is 1. The van der Waals surface area contributed by atoms with Crippen molar-refractivity contribution in [3.05, 3.63) is 71.4 Å². The van der Waals surface area contributed by atoms with Crippen LogP contribution in [-0.2, 0) is 19.5 Å². The van der Waals surface area contributed by atoms with Gasteiger partial charge in [0.25, 0.3) is 0 Å². The molecule has 1 aliphatic rings. The number of β-amino-alcohol motifs (C(OH)–C–C–N with tert-alkyl or cyclic N) is 1. The zero-order valence-corrected chi connectivity index (χ0v) is 14.2. The fourth-order valence-corrected chi connectivity index (χ4v) is 3.75. The quantitative estimate of drug-likeness (QED) is 0.798. The van der Waals surface area contributed by atoms with Crippen molar-refractivity contribution in [3.63, 3.8) is 0 Å². The number of aliphatic hydroxyl groups excluding tert-OH is 1. The van der Waals surface area contributed by atoms with E-state index < -0.39 is 0 Å². The van der Waals surface area contributed by atoms with Gasteiger partial charge in [0.05, 0.1) is 6.10 Å². The summed E-state index contributed by atoms with van der Waals surface area (Å²) >= 11 is 0. The minimum atomic E-state index is -0.355. The average molecular weight is 320 g/mol. The fourth-order valence-electron chi connectivity index (χ4n) is 3.75. The van der Waals surface area contributed by atoms with Gasteiger partial charge in [0.15, 0.2) is 0 Å². The van der Waals surface area contributed by atoms with Crippen LogP contribution < -0.4 is 0 Å². The first-order valence-corrected chi connectivity index (χ1v) is 8.72. The highest BCUT2D eigenvalue weighted by atomic mass is 16.3. The number of aromatic nitrogens is 1. The van der Waals surface area contributed by atoms with Crippen LogP contribution in [0.15, 0.2) is 54.7 Å². The largest absolute Gasteiger partial charge is 0.390 e. The first-order chi connectivity index (χ1) is 11.7. The molecule has 1 atom stereocenters. The summed E-state index contributed by atoms with van der Waals surface area (Å²) in [5.41, 5.74) is 5.32. The van der Waals surface area contributed by atoms with Crippen LogP contribution in [-0.4, -0.2) is 33.8 Å². The number of fused-ring (bicyclic) bond motifs is 2. The van der Waals surface area contributed by atoms with Crippen LogP contribution in [0, 0.1) is 6.92 Å². The Morgan fingerprint density at radius 3 is 2.75 bits per heavy atom. The van der Waals surface area contributed by atoms with Gasteiger partial charge in [0, 0.05) is 37.9 Å². The molecule has 0 aliphatic carbocycles. The molecule has 2 heterocycles. The van der Waals surface area contributed by atoms with Crippen LogP contribution in [0.2, 0.25) is 0 Å². The van der Waals surface area contributed by atoms with E-state index in [-0.39, 0.29) is 6.10 Å². The summed E-state index contributed by atoms with van der Waals surface area (Å²) in [6.45, 7) is 5.45. The third-order valence-electron chi connectivity index (χ3n) is 5.02. The Balaban J connectivity index is 1.43. The molecule has 0 bridgehead atoms. The van der Waals surface area contributed by atoms with Gasteiger partial charge < -0.3 is 9.67 Å². The van der Waals surface area contributed by atoms with Gasteiger partial charge in [-0.2, -0.15) is 0 Å². The second-order valence-electron chi connectivity index (χ2n) is 6.94. The third-order valence-corrected chi connectivity index (χ3v) is 5.02.